The van der Waals surface area contributed by atoms with Crippen LogP contribution >= 0.6 is 11.6 Å². The molecule has 6 heteroatoms. The zero-order valence-electron chi connectivity index (χ0n) is 12.6. The van der Waals surface area contributed by atoms with E-state index < -0.39 is 0 Å². The number of pyridine rings is 1. The summed E-state index contributed by atoms with van der Waals surface area (Å²) in [6, 6.07) is 3.80. The van der Waals surface area contributed by atoms with E-state index in [0.717, 1.165) is 31.7 Å². The predicted molar refractivity (Wildman–Crippen MR) is 83.8 cm³/mol. The lowest BCUT2D eigenvalue weighted by Crippen LogP contribution is -2.36. The number of nitrogens with zero attached hydrogens (tertiary/aromatic N) is 3. The molecule has 0 atom stereocenters. The SMILES string of the molecule is CC(C)COC(=O)N1CCCN(c2ccnc(Cl)c2)CC1. The minimum absolute atomic E-state index is 0.210. The maximum absolute atomic E-state index is 12.0. The smallest absolute Gasteiger partial charge is 0.409 e. The summed E-state index contributed by atoms with van der Waals surface area (Å²) in [4.78, 5) is 20.0. The molecular formula is C15H22ClN3O2. The third kappa shape index (κ3) is 4.77. The van der Waals surface area contributed by atoms with Gasteiger partial charge in [-0.1, -0.05) is 25.4 Å². The summed E-state index contributed by atoms with van der Waals surface area (Å²) in [7, 11) is 0. The molecule has 1 aromatic rings. The average molecular weight is 312 g/mol. The number of amides is 1. The summed E-state index contributed by atoms with van der Waals surface area (Å²) in [6.45, 7) is 7.60. The Bertz CT molecular complexity index is 482. The highest BCUT2D eigenvalue weighted by Gasteiger charge is 2.20. The Morgan fingerprint density at radius 1 is 1.38 bits per heavy atom. The van der Waals surface area contributed by atoms with E-state index in [1.165, 1.54) is 0 Å². The van der Waals surface area contributed by atoms with E-state index in [-0.39, 0.29) is 6.09 Å². The Balaban J connectivity index is 1.91. The molecule has 0 N–H and O–H groups in total. The summed E-state index contributed by atoms with van der Waals surface area (Å²) >= 11 is 5.93. The van der Waals surface area contributed by atoms with Crippen LogP contribution in [-0.4, -0.2) is 48.8 Å². The van der Waals surface area contributed by atoms with E-state index in [2.05, 4.69) is 9.88 Å². The Hall–Kier alpha value is -1.49. The molecule has 0 aromatic carbocycles. The summed E-state index contributed by atoms with van der Waals surface area (Å²) in [6.07, 6.45) is 2.41. The van der Waals surface area contributed by atoms with Crippen LogP contribution in [0.1, 0.15) is 20.3 Å². The number of hydrogen-bond acceptors (Lipinski definition) is 4. The van der Waals surface area contributed by atoms with Crippen molar-refractivity contribution in [3.63, 3.8) is 0 Å². The van der Waals surface area contributed by atoms with E-state index in [9.17, 15) is 4.79 Å². The molecule has 5 nitrogen and oxygen atoms in total. The first-order valence-electron chi connectivity index (χ1n) is 7.34. The minimum Gasteiger partial charge on any atom is -0.449 e. The molecule has 116 valence electrons. The fraction of sp³-hybridized carbons (Fsp3) is 0.600. The van der Waals surface area contributed by atoms with E-state index in [0.29, 0.717) is 24.2 Å². The van der Waals surface area contributed by atoms with Gasteiger partial charge in [0.25, 0.3) is 0 Å². The van der Waals surface area contributed by atoms with Crippen LogP contribution in [0.3, 0.4) is 0 Å². The van der Waals surface area contributed by atoms with Crippen molar-refractivity contribution in [2.75, 3.05) is 37.7 Å². The first-order valence-corrected chi connectivity index (χ1v) is 7.72. The molecule has 0 saturated carbocycles. The van der Waals surface area contributed by atoms with Gasteiger partial charge in [0.1, 0.15) is 5.15 Å². The van der Waals surface area contributed by atoms with Crippen molar-refractivity contribution in [1.82, 2.24) is 9.88 Å². The number of ether oxygens (including phenoxy) is 1. The molecular weight excluding hydrogens is 290 g/mol. The van der Waals surface area contributed by atoms with E-state index in [1.807, 2.05) is 26.0 Å². The molecule has 1 fully saturated rings. The van der Waals surface area contributed by atoms with Gasteiger partial charge in [0, 0.05) is 38.1 Å². The van der Waals surface area contributed by atoms with E-state index in [4.69, 9.17) is 16.3 Å². The van der Waals surface area contributed by atoms with E-state index in [1.54, 1.807) is 11.1 Å². The number of rotatable bonds is 3. The molecule has 21 heavy (non-hydrogen) atoms. The number of halogens is 1. The second-order valence-corrected chi connectivity index (χ2v) is 6.02. The lowest BCUT2D eigenvalue weighted by atomic mass is 10.2. The number of hydrogen-bond donors (Lipinski definition) is 0. The average Bonchev–Trinajstić information content (AvgIpc) is 2.70. The van der Waals surface area contributed by atoms with E-state index >= 15 is 0 Å². The van der Waals surface area contributed by atoms with Gasteiger partial charge in [-0.2, -0.15) is 0 Å². The van der Waals surface area contributed by atoms with Gasteiger partial charge in [-0.05, 0) is 24.5 Å². The zero-order valence-corrected chi connectivity index (χ0v) is 13.3. The molecule has 0 radical (unpaired) electrons. The molecule has 1 aliphatic rings. The van der Waals surface area contributed by atoms with Gasteiger partial charge in [0.15, 0.2) is 0 Å². The number of anilines is 1. The molecule has 0 aliphatic carbocycles. The van der Waals surface area contributed by atoms with Crippen LogP contribution < -0.4 is 4.90 Å². The van der Waals surface area contributed by atoms with Crippen molar-refractivity contribution in [2.45, 2.75) is 20.3 Å². The molecule has 2 rings (SSSR count). The molecule has 0 unspecified atom stereocenters. The number of carbonyl (C=O) groups is 1. The first-order chi connectivity index (χ1) is 10.1. The third-order valence-electron chi connectivity index (χ3n) is 3.37. The maximum atomic E-state index is 12.0. The van der Waals surface area contributed by atoms with Gasteiger partial charge in [0.2, 0.25) is 0 Å². The first kappa shape index (κ1) is 15.9. The summed E-state index contributed by atoms with van der Waals surface area (Å²) in [5, 5.41) is 0.491. The highest BCUT2D eigenvalue weighted by Crippen LogP contribution is 2.19. The van der Waals surface area contributed by atoms with Crippen LogP contribution in [0.4, 0.5) is 10.5 Å². The van der Waals surface area contributed by atoms with Crippen LogP contribution in [0.5, 0.6) is 0 Å². The van der Waals surface area contributed by atoms with Crippen LogP contribution in [0.2, 0.25) is 5.15 Å². The Morgan fingerprint density at radius 3 is 2.90 bits per heavy atom. The fourth-order valence-electron chi connectivity index (χ4n) is 2.28. The molecule has 2 heterocycles. The number of carbonyl (C=O) groups excluding carboxylic acids is 1. The van der Waals surface area contributed by atoms with Gasteiger partial charge >= 0.3 is 6.09 Å². The Kier molecular flexibility index (Phi) is 5.67. The minimum atomic E-state index is -0.210. The van der Waals surface area contributed by atoms with Gasteiger partial charge in [-0.25, -0.2) is 9.78 Å². The zero-order chi connectivity index (χ0) is 15.2. The molecule has 1 aromatic heterocycles. The number of aromatic nitrogens is 1. The third-order valence-corrected chi connectivity index (χ3v) is 3.58. The lowest BCUT2D eigenvalue weighted by Gasteiger charge is -2.23. The summed E-state index contributed by atoms with van der Waals surface area (Å²) in [5.74, 6) is 0.358. The molecule has 1 saturated heterocycles. The van der Waals surface area contributed by atoms with Gasteiger partial charge in [0.05, 0.1) is 6.61 Å². The van der Waals surface area contributed by atoms with Gasteiger partial charge in [-0.3, -0.25) is 0 Å². The van der Waals surface area contributed by atoms with Crippen molar-refractivity contribution in [2.24, 2.45) is 5.92 Å². The van der Waals surface area contributed by atoms with Gasteiger partial charge < -0.3 is 14.5 Å². The monoisotopic (exact) mass is 311 g/mol. The van der Waals surface area contributed by atoms with Crippen molar-refractivity contribution in [3.8, 4) is 0 Å². The van der Waals surface area contributed by atoms with Crippen molar-refractivity contribution in [1.29, 1.82) is 0 Å². The molecule has 1 aliphatic heterocycles. The topological polar surface area (TPSA) is 45.7 Å². The molecule has 0 bridgehead atoms. The second kappa shape index (κ2) is 7.50. The molecule has 1 amide bonds. The Labute approximate surface area is 130 Å². The highest BCUT2D eigenvalue weighted by atomic mass is 35.5. The van der Waals surface area contributed by atoms with Crippen LogP contribution in [-0.2, 0) is 4.74 Å². The summed E-state index contributed by atoms with van der Waals surface area (Å²) in [5.41, 5.74) is 1.05. The largest absolute Gasteiger partial charge is 0.449 e. The lowest BCUT2D eigenvalue weighted by molar-refractivity contribution is 0.0943. The van der Waals surface area contributed by atoms with Crippen molar-refractivity contribution < 1.29 is 9.53 Å². The maximum Gasteiger partial charge on any atom is 0.409 e. The Morgan fingerprint density at radius 2 is 2.19 bits per heavy atom. The van der Waals surface area contributed by atoms with Crippen LogP contribution in [0.25, 0.3) is 0 Å². The molecule has 0 spiro atoms. The quantitative estimate of drug-likeness (QED) is 0.805. The van der Waals surface area contributed by atoms with Crippen molar-refractivity contribution >= 4 is 23.4 Å². The normalized spacial score (nSPS) is 16.0. The summed E-state index contributed by atoms with van der Waals surface area (Å²) < 4.78 is 5.30. The van der Waals surface area contributed by atoms with Crippen LogP contribution in [0, 0.1) is 5.92 Å². The predicted octanol–water partition coefficient (Wildman–Crippen LogP) is 3.04. The highest BCUT2D eigenvalue weighted by molar-refractivity contribution is 6.29. The standard InChI is InChI=1S/C15H22ClN3O2/c1-12(2)11-21-15(20)19-7-3-6-18(8-9-19)13-4-5-17-14(16)10-13/h4-5,10,12H,3,6-9,11H2,1-2H3. The van der Waals surface area contributed by atoms with Crippen molar-refractivity contribution in [3.05, 3.63) is 23.5 Å². The fourth-order valence-corrected chi connectivity index (χ4v) is 2.44. The second-order valence-electron chi connectivity index (χ2n) is 5.64. The van der Waals surface area contributed by atoms with Gasteiger partial charge in [-0.15, -0.1) is 0 Å². The van der Waals surface area contributed by atoms with Crippen LogP contribution in [0.15, 0.2) is 18.3 Å².